The first-order chi connectivity index (χ1) is 14.8. The minimum absolute atomic E-state index is 0.0650. The maximum Gasteiger partial charge on any atom is 0.287 e. The first kappa shape index (κ1) is 20.5. The third-order valence-electron chi connectivity index (χ3n) is 5.71. The fraction of sp³-hybridized carbons (Fsp3) is 0.333. The molecule has 3 amide bonds. The summed E-state index contributed by atoms with van der Waals surface area (Å²) in [6.07, 6.45) is 1.23. The summed E-state index contributed by atoms with van der Waals surface area (Å²) < 4.78 is 0. The monoisotopic (exact) mass is 423 g/mol. The number of nitrogens with zero attached hydrogens (tertiary/aromatic N) is 5. The molecule has 10 nitrogen and oxygen atoms in total. The molecule has 4 rings (SSSR count). The van der Waals surface area contributed by atoms with Gasteiger partial charge in [-0.25, -0.2) is 4.98 Å². The van der Waals surface area contributed by atoms with Crippen LogP contribution in [0.4, 0.5) is 11.5 Å². The minimum atomic E-state index is -0.904. The number of carbonyl (C=O) groups is 3. The second-order valence-corrected chi connectivity index (χ2v) is 7.61. The van der Waals surface area contributed by atoms with Crippen LogP contribution in [0.25, 0.3) is 0 Å². The molecule has 1 unspecified atom stereocenters. The standard InChI is InChI=1S/C21H21N5O5/c1-13-11-15(26(30)31)12-22-18(13)23-7-9-24(10-8-23)19(27)14(2)25-20(28)16-5-3-4-6-17(16)21(25)29/h3-6,11-12,14H,7-10H2,1-2H3. The lowest BCUT2D eigenvalue weighted by atomic mass is 10.1. The van der Waals surface area contributed by atoms with E-state index in [9.17, 15) is 24.5 Å². The third-order valence-corrected chi connectivity index (χ3v) is 5.71. The first-order valence-corrected chi connectivity index (χ1v) is 9.91. The van der Waals surface area contributed by atoms with Crippen molar-refractivity contribution in [3.63, 3.8) is 0 Å². The number of pyridine rings is 1. The topological polar surface area (TPSA) is 117 Å². The molecule has 2 aromatic rings. The van der Waals surface area contributed by atoms with Crippen LogP contribution in [0.3, 0.4) is 0 Å². The van der Waals surface area contributed by atoms with E-state index in [4.69, 9.17) is 0 Å². The van der Waals surface area contributed by atoms with E-state index in [2.05, 4.69) is 4.98 Å². The maximum atomic E-state index is 13.0. The number of anilines is 1. The maximum absolute atomic E-state index is 13.0. The molecule has 2 aliphatic rings. The van der Waals surface area contributed by atoms with Gasteiger partial charge < -0.3 is 9.80 Å². The van der Waals surface area contributed by atoms with Gasteiger partial charge in [0.1, 0.15) is 18.1 Å². The number of aryl methyl sites for hydroxylation is 1. The molecule has 0 saturated carbocycles. The van der Waals surface area contributed by atoms with E-state index < -0.39 is 22.8 Å². The van der Waals surface area contributed by atoms with Crippen molar-refractivity contribution in [3.8, 4) is 0 Å². The van der Waals surface area contributed by atoms with E-state index in [-0.39, 0.29) is 11.6 Å². The highest BCUT2D eigenvalue weighted by atomic mass is 16.6. The van der Waals surface area contributed by atoms with E-state index >= 15 is 0 Å². The van der Waals surface area contributed by atoms with Gasteiger partial charge in [-0.15, -0.1) is 0 Å². The van der Waals surface area contributed by atoms with E-state index in [0.717, 1.165) is 4.90 Å². The summed E-state index contributed by atoms with van der Waals surface area (Å²) >= 11 is 0. The van der Waals surface area contributed by atoms with Gasteiger partial charge in [-0.05, 0) is 31.5 Å². The molecule has 0 N–H and O–H groups in total. The van der Waals surface area contributed by atoms with Crippen LogP contribution in [-0.4, -0.2) is 69.6 Å². The van der Waals surface area contributed by atoms with Gasteiger partial charge in [0.15, 0.2) is 0 Å². The highest BCUT2D eigenvalue weighted by Crippen LogP contribution is 2.26. The summed E-state index contributed by atoms with van der Waals surface area (Å²) in [6, 6.07) is 7.12. The molecule has 160 valence electrons. The number of piperazine rings is 1. The molecule has 1 aromatic carbocycles. The van der Waals surface area contributed by atoms with Crippen LogP contribution in [0.1, 0.15) is 33.2 Å². The molecule has 0 spiro atoms. The zero-order chi connectivity index (χ0) is 22.3. The molecule has 2 aliphatic heterocycles. The Morgan fingerprint density at radius 1 is 1.10 bits per heavy atom. The summed E-state index contributed by atoms with van der Waals surface area (Å²) in [4.78, 5) is 57.6. The molecule has 1 atom stereocenters. The number of aromatic nitrogens is 1. The minimum Gasteiger partial charge on any atom is -0.353 e. The molecule has 0 bridgehead atoms. The molecule has 31 heavy (non-hydrogen) atoms. The predicted molar refractivity (Wildman–Crippen MR) is 111 cm³/mol. The molecular weight excluding hydrogens is 402 g/mol. The number of rotatable bonds is 4. The van der Waals surface area contributed by atoms with Gasteiger partial charge in [0, 0.05) is 32.2 Å². The van der Waals surface area contributed by atoms with Crippen LogP contribution in [0.5, 0.6) is 0 Å². The van der Waals surface area contributed by atoms with Crippen LogP contribution < -0.4 is 4.90 Å². The van der Waals surface area contributed by atoms with E-state index in [0.29, 0.717) is 48.7 Å². The van der Waals surface area contributed by atoms with Crippen molar-refractivity contribution in [2.24, 2.45) is 0 Å². The van der Waals surface area contributed by atoms with Gasteiger partial charge >= 0.3 is 0 Å². The number of hydrogen-bond donors (Lipinski definition) is 0. The Hall–Kier alpha value is -3.82. The number of fused-ring (bicyclic) bond motifs is 1. The van der Waals surface area contributed by atoms with Crippen molar-refractivity contribution in [3.05, 3.63) is 63.3 Å². The third kappa shape index (κ3) is 3.49. The molecule has 1 aromatic heterocycles. The number of imide groups is 1. The molecule has 0 aliphatic carbocycles. The van der Waals surface area contributed by atoms with Crippen LogP contribution in [0.15, 0.2) is 36.5 Å². The average molecular weight is 423 g/mol. The summed E-state index contributed by atoms with van der Waals surface area (Å²) in [5.41, 5.74) is 1.26. The van der Waals surface area contributed by atoms with Crippen molar-refractivity contribution in [1.29, 1.82) is 0 Å². The Morgan fingerprint density at radius 2 is 1.68 bits per heavy atom. The Balaban J connectivity index is 1.42. The largest absolute Gasteiger partial charge is 0.353 e. The van der Waals surface area contributed by atoms with Crippen LogP contribution >= 0.6 is 0 Å². The number of hydrogen-bond acceptors (Lipinski definition) is 7. The normalized spacial score (nSPS) is 17.0. The Bertz CT molecular complexity index is 1060. The van der Waals surface area contributed by atoms with Gasteiger partial charge in [-0.3, -0.25) is 29.4 Å². The molecule has 3 heterocycles. The van der Waals surface area contributed by atoms with Crippen molar-refractivity contribution in [1.82, 2.24) is 14.8 Å². The Morgan fingerprint density at radius 3 is 2.19 bits per heavy atom. The number of carbonyl (C=O) groups excluding carboxylic acids is 3. The quantitative estimate of drug-likeness (QED) is 0.417. The summed E-state index contributed by atoms with van der Waals surface area (Å²) in [6.45, 7) is 5.10. The molecule has 0 radical (unpaired) electrons. The summed E-state index contributed by atoms with van der Waals surface area (Å²) in [5, 5.41) is 10.9. The lowest BCUT2D eigenvalue weighted by Gasteiger charge is -2.38. The zero-order valence-corrected chi connectivity index (χ0v) is 17.1. The zero-order valence-electron chi connectivity index (χ0n) is 17.1. The average Bonchev–Trinajstić information content (AvgIpc) is 3.03. The number of benzene rings is 1. The smallest absolute Gasteiger partial charge is 0.287 e. The van der Waals surface area contributed by atoms with E-state index in [1.807, 2.05) is 4.90 Å². The highest BCUT2D eigenvalue weighted by molar-refractivity contribution is 6.22. The lowest BCUT2D eigenvalue weighted by Crippen LogP contribution is -2.55. The Kier molecular flexibility index (Phi) is 5.14. The van der Waals surface area contributed by atoms with Crippen LogP contribution in [0.2, 0.25) is 0 Å². The highest BCUT2D eigenvalue weighted by Gasteiger charge is 2.42. The fourth-order valence-corrected chi connectivity index (χ4v) is 4.06. The molecule has 10 heteroatoms. The number of nitro groups is 1. The first-order valence-electron chi connectivity index (χ1n) is 9.91. The Labute approximate surface area is 178 Å². The van der Waals surface area contributed by atoms with Gasteiger partial charge in [0.25, 0.3) is 17.5 Å². The summed E-state index contributed by atoms with van der Waals surface area (Å²) in [7, 11) is 0. The lowest BCUT2D eigenvalue weighted by molar-refractivity contribution is -0.385. The number of amides is 3. The molecular formula is C21H21N5O5. The predicted octanol–water partition coefficient (Wildman–Crippen LogP) is 1.63. The summed E-state index contributed by atoms with van der Waals surface area (Å²) in [5.74, 6) is -0.551. The van der Waals surface area contributed by atoms with Crippen molar-refractivity contribution < 1.29 is 19.3 Å². The fourth-order valence-electron chi connectivity index (χ4n) is 4.06. The van der Waals surface area contributed by atoms with Crippen molar-refractivity contribution in [2.45, 2.75) is 19.9 Å². The van der Waals surface area contributed by atoms with Crippen LogP contribution in [0, 0.1) is 17.0 Å². The second-order valence-electron chi connectivity index (χ2n) is 7.61. The van der Waals surface area contributed by atoms with E-state index in [1.54, 1.807) is 43.0 Å². The van der Waals surface area contributed by atoms with Crippen LogP contribution in [-0.2, 0) is 4.79 Å². The van der Waals surface area contributed by atoms with E-state index in [1.165, 1.54) is 12.3 Å². The molecule has 1 fully saturated rings. The van der Waals surface area contributed by atoms with Gasteiger partial charge in [-0.2, -0.15) is 0 Å². The second kappa shape index (κ2) is 7.78. The molecule has 1 saturated heterocycles. The van der Waals surface area contributed by atoms with Gasteiger partial charge in [0.05, 0.1) is 16.1 Å². The van der Waals surface area contributed by atoms with Crippen molar-refractivity contribution in [2.75, 3.05) is 31.1 Å². The SMILES string of the molecule is Cc1cc([N+](=O)[O-])cnc1N1CCN(C(=O)C(C)N2C(=O)c3ccccc3C2=O)CC1. The van der Waals surface area contributed by atoms with Crippen molar-refractivity contribution >= 4 is 29.2 Å². The van der Waals surface area contributed by atoms with Gasteiger partial charge in [-0.1, -0.05) is 12.1 Å². The van der Waals surface area contributed by atoms with Gasteiger partial charge in [0.2, 0.25) is 5.91 Å².